The van der Waals surface area contributed by atoms with E-state index in [1.165, 1.54) is 4.31 Å². The van der Waals surface area contributed by atoms with E-state index in [0.717, 1.165) is 5.56 Å². The van der Waals surface area contributed by atoms with Gasteiger partial charge < -0.3 is 5.11 Å². The Morgan fingerprint density at radius 1 is 0.909 bits per heavy atom. The Kier molecular flexibility index (Phi) is 5.34. The van der Waals surface area contributed by atoms with Crippen molar-refractivity contribution in [2.45, 2.75) is 24.8 Å². The SMILES string of the molecule is CCN(CC)S(=O)(=O)c1ccc([C@@H](O)c2ccccc2)cc1. The van der Waals surface area contributed by atoms with E-state index >= 15 is 0 Å². The summed E-state index contributed by atoms with van der Waals surface area (Å²) < 4.78 is 26.2. The average Bonchev–Trinajstić information content (AvgIpc) is 2.56. The summed E-state index contributed by atoms with van der Waals surface area (Å²) in [5.74, 6) is 0. The molecule has 2 aromatic rings. The van der Waals surface area contributed by atoms with Crippen molar-refractivity contribution in [3.63, 3.8) is 0 Å². The lowest BCUT2D eigenvalue weighted by atomic mass is 10.0. The van der Waals surface area contributed by atoms with Gasteiger partial charge in [-0.25, -0.2) is 8.42 Å². The van der Waals surface area contributed by atoms with Crippen LogP contribution in [0.25, 0.3) is 0 Å². The van der Waals surface area contributed by atoms with Crippen molar-refractivity contribution in [2.24, 2.45) is 0 Å². The Bertz CT molecular complexity index is 692. The maximum atomic E-state index is 12.4. The molecule has 118 valence electrons. The summed E-state index contributed by atoms with van der Waals surface area (Å²) >= 11 is 0. The second-order valence-electron chi connectivity index (χ2n) is 4.97. The highest BCUT2D eigenvalue weighted by molar-refractivity contribution is 7.89. The Labute approximate surface area is 132 Å². The molecule has 0 aliphatic carbocycles. The molecule has 0 heterocycles. The lowest BCUT2D eigenvalue weighted by molar-refractivity contribution is 0.220. The number of benzene rings is 2. The van der Waals surface area contributed by atoms with Crippen LogP contribution in [0.4, 0.5) is 0 Å². The average molecular weight is 319 g/mol. The first-order valence-corrected chi connectivity index (χ1v) is 8.77. The first kappa shape index (κ1) is 16.7. The zero-order valence-electron chi connectivity index (χ0n) is 12.8. The van der Waals surface area contributed by atoms with Gasteiger partial charge in [0, 0.05) is 13.1 Å². The van der Waals surface area contributed by atoms with Gasteiger partial charge in [0.2, 0.25) is 10.0 Å². The number of aliphatic hydroxyl groups is 1. The summed E-state index contributed by atoms with van der Waals surface area (Å²) in [5.41, 5.74) is 1.45. The maximum absolute atomic E-state index is 12.4. The van der Waals surface area contributed by atoms with Crippen molar-refractivity contribution < 1.29 is 13.5 Å². The van der Waals surface area contributed by atoms with E-state index in [2.05, 4.69) is 0 Å². The van der Waals surface area contributed by atoms with Gasteiger partial charge in [-0.15, -0.1) is 0 Å². The van der Waals surface area contributed by atoms with Gasteiger partial charge in [0.15, 0.2) is 0 Å². The molecule has 5 heteroatoms. The van der Waals surface area contributed by atoms with Gasteiger partial charge in [-0.2, -0.15) is 4.31 Å². The molecule has 0 radical (unpaired) electrons. The first-order valence-electron chi connectivity index (χ1n) is 7.33. The molecule has 2 aromatic carbocycles. The molecule has 0 fully saturated rings. The monoisotopic (exact) mass is 319 g/mol. The Morgan fingerprint density at radius 2 is 1.41 bits per heavy atom. The zero-order chi connectivity index (χ0) is 16.2. The predicted molar refractivity (Wildman–Crippen MR) is 87.1 cm³/mol. The molecule has 0 unspecified atom stereocenters. The van der Waals surface area contributed by atoms with E-state index in [-0.39, 0.29) is 4.90 Å². The number of sulfonamides is 1. The van der Waals surface area contributed by atoms with Crippen LogP contribution in [-0.2, 0) is 10.0 Å². The molecule has 0 aromatic heterocycles. The molecule has 0 aliphatic heterocycles. The Hall–Kier alpha value is -1.69. The third-order valence-corrected chi connectivity index (χ3v) is 5.72. The van der Waals surface area contributed by atoms with Gasteiger partial charge in [0.1, 0.15) is 6.10 Å². The Morgan fingerprint density at radius 3 is 1.91 bits per heavy atom. The van der Waals surface area contributed by atoms with Crippen molar-refractivity contribution in [3.05, 3.63) is 65.7 Å². The van der Waals surface area contributed by atoms with Crippen LogP contribution < -0.4 is 0 Å². The van der Waals surface area contributed by atoms with Crippen LogP contribution >= 0.6 is 0 Å². The standard InChI is InChI=1S/C17H21NO3S/c1-3-18(4-2)22(20,21)16-12-10-15(11-13-16)17(19)14-8-6-5-7-9-14/h5-13,17,19H,3-4H2,1-2H3/t17-/m0/s1. The highest BCUT2D eigenvalue weighted by Crippen LogP contribution is 2.24. The van der Waals surface area contributed by atoms with E-state index in [0.29, 0.717) is 18.7 Å². The fourth-order valence-electron chi connectivity index (χ4n) is 2.36. The second kappa shape index (κ2) is 7.05. The van der Waals surface area contributed by atoms with Gasteiger partial charge in [0.05, 0.1) is 4.90 Å². The maximum Gasteiger partial charge on any atom is 0.243 e. The lowest BCUT2D eigenvalue weighted by Crippen LogP contribution is -2.30. The summed E-state index contributed by atoms with van der Waals surface area (Å²) in [4.78, 5) is 0.250. The molecule has 2 rings (SSSR count). The van der Waals surface area contributed by atoms with E-state index in [9.17, 15) is 13.5 Å². The third kappa shape index (κ3) is 3.38. The number of hydrogen-bond donors (Lipinski definition) is 1. The van der Waals surface area contributed by atoms with Gasteiger partial charge in [0.25, 0.3) is 0 Å². The molecule has 0 saturated carbocycles. The smallest absolute Gasteiger partial charge is 0.243 e. The van der Waals surface area contributed by atoms with Crippen molar-refractivity contribution in [1.82, 2.24) is 4.31 Å². The number of nitrogens with zero attached hydrogens (tertiary/aromatic N) is 1. The molecule has 22 heavy (non-hydrogen) atoms. The summed E-state index contributed by atoms with van der Waals surface area (Å²) in [6.45, 7) is 4.50. The predicted octanol–water partition coefficient (Wildman–Crippen LogP) is 2.80. The van der Waals surface area contributed by atoms with E-state index in [4.69, 9.17) is 0 Å². The van der Waals surface area contributed by atoms with E-state index in [1.807, 2.05) is 44.2 Å². The highest BCUT2D eigenvalue weighted by atomic mass is 32.2. The molecular formula is C17H21NO3S. The van der Waals surface area contributed by atoms with E-state index in [1.54, 1.807) is 24.3 Å². The van der Waals surface area contributed by atoms with E-state index < -0.39 is 16.1 Å². The number of rotatable bonds is 6. The molecule has 1 atom stereocenters. The van der Waals surface area contributed by atoms with Crippen molar-refractivity contribution in [2.75, 3.05) is 13.1 Å². The minimum atomic E-state index is -3.46. The molecule has 0 saturated heterocycles. The molecule has 0 bridgehead atoms. The Balaban J connectivity index is 2.28. The normalized spacial score (nSPS) is 13.3. The van der Waals surface area contributed by atoms with Gasteiger partial charge in [-0.1, -0.05) is 56.3 Å². The van der Waals surface area contributed by atoms with Gasteiger partial charge in [-0.05, 0) is 23.3 Å². The zero-order valence-corrected chi connectivity index (χ0v) is 13.6. The minimum Gasteiger partial charge on any atom is -0.384 e. The van der Waals surface area contributed by atoms with Crippen LogP contribution in [-0.4, -0.2) is 30.9 Å². The van der Waals surface area contributed by atoms with Crippen molar-refractivity contribution >= 4 is 10.0 Å². The minimum absolute atomic E-state index is 0.250. The van der Waals surface area contributed by atoms with Crippen LogP contribution in [0.1, 0.15) is 31.1 Å². The molecule has 4 nitrogen and oxygen atoms in total. The molecule has 0 amide bonds. The highest BCUT2D eigenvalue weighted by Gasteiger charge is 2.21. The van der Waals surface area contributed by atoms with Crippen LogP contribution in [0.15, 0.2) is 59.5 Å². The van der Waals surface area contributed by atoms with Crippen LogP contribution in [0.2, 0.25) is 0 Å². The largest absolute Gasteiger partial charge is 0.384 e. The fourth-order valence-corrected chi connectivity index (χ4v) is 3.82. The molecular weight excluding hydrogens is 298 g/mol. The number of aliphatic hydroxyl groups excluding tert-OH is 1. The van der Waals surface area contributed by atoms with Gasteiger partial charge >= 0.3 is 0 Å². The summed E-state index contributed by atoms with van der Waals surface area (Å²) in [7, 11) is -3.46. The summed E-state index contributed by atoms with van der Waals surface area (Å²) in [6, 6.07) is 15.7. The topological polar surface area (TPSA) is 57.6 Å². The fraction of sp³-hybridized carbons (Fsp3) is 0.294. The van der Waals surface area contributed by atoms with Crippen molar-refractivity contribution in [1.29, 1.82) is 0 Å². The second-order valence-corrected chi connectivity index (χ2v) is 6.91. The molecule has 0 aliphatic rings. The van der Waals surface area contributed by atoms with Gasteiger partial charge in [-0.3, -0.25) is 0 Å². The van der Waals surface area contributed by atoms with Crippen LogP contribution in [0.5, 0.6) is 0 Å². The molecule has 0 spiro atoms. The summed E-state index contributed by atoms with van der Waals surface area (Å²) in [5, 5.41) is 10.3. The lowest BCUT2D eigenvalue weighted by Gasteiger charge is -2.19. The van der Waals surface area contributed by atoms with Crippen LogP contribution in [0, 0.1) is 0 Å². The van der Waals surface area contributed by atoms with Crippen LogP contribution in [0.3, 0.4) is 0 Å². The van der Waals surface area contributed by atoms with Crippen molar-refractivity contribution in [3.8, 4) is 0 Å². The first-order chi connectivity index (χ1) is 10.5. The quantitative estimate of drug-likeness (QED) is 0.891. The number of hydrogen-bond acceptors (Lipinski definition) is 3. The molecule has 1 N–H and O–H groups in total. The summed E-state index contributed by atoms with van der Waals surface area (Å²) in [6.07, 6.45) is -0.758. The third-order valence-electron chi connectivity index (χ3n) is 3.65.